The van der Waals surface area contributed by atoms with E-state index in [4.69, 9.17) is 9.47 Å². The monoisotopic (exact) mass is 343 g/mol. The summed E-state index contributed by atoms with van der Waals surface area (Å²) in [6, 6.07) is 5.86. The minimum absolute atomic E-state index is 0.0335. The molecule has 1 fully saturated rings. The van der Waals surface area contributed by atoms with E-state index < -0.39 is 0 Å². The number of allylic oxidation sites excluding steroid dienone is 2. The lowest BCUT2D eigenvalue weighted by atomic mass is 10.1. The highest BCUT2D eigenvalue weighted by molar-refractivity contribution is 5.84. The van der Waals surface area contributed by atoms with Crippen molar-refractivity contribution in [3.8, 4) is 11.5 Å². The molecule has 4 heteroatoms. The molecular weight excluding hydrogens is 314 g/mol. The van der Waals surface area contributed by atoms with Gasteiger partial charge in [-0.2, -0.15) is 0 Å². The van der Waals surface area contributed by atoms with E-state index >= 15 is 0 Å². The topological polar surface area (TPSA) is 47.6 Å². The highest BCUT2D eigenvalue weighted by Crippen LogP contribution is 2.59. The highest BCUT2D eigenvalue weighted by atomic mass is 16.5. The number of hydrogen-bond donors (Lipinski definition) is 1. The minimum atomic E-state index is -0.0617. The second kappa shape index (κ2) is 6.74. The average molecular weight is 343 g/mol. The Labute approximate surface area is 150 Å². The van der Waals surface area contributed by atoms with Crippen LogP contribution in [0.2, 0.25) is 0 Å². The van der Waals surface area contributed by atoms with Gasteiger partial charge in [0.25, 0.3) is 0 Å². The van der Waals surface area contributed by atoms with Crippen LogP contribution in [0.15, 0.2) is 29.8 Å². The van der Waals surface area contributed by atoms with Crippen LogP contribution in [0.3, 0.4) is 0 Å². The van der Waals surface area contributed by atoms with Crippen molar-refractivity contribution in [3.05, 3.63) is 35.4 Å². The summed E-state index contributed by atoms with van der Waals surface area (Å²) < 4.78 is 11.4. The van der Waals surface area contributed by atoms with Gasteiger partial charge in [-0.05, 0) is 49.8 Å². The molecular formula is C21H29NO3. The molecule has 2 aliphatic rings. The summed E-state index contributed by atoms with van der Waals surface area (Å²) in [4.78, 5) is 12.7. The molecule has 1 heterocycles. The lowest BCUT2D eigenvalue weighted by molar-refractivity contribution is -0.123. The highest BCUT2D eigenvalue weighted by Gasteiger charge is 2.60. The first-order chi connectivity index (χ1) is 11.8. The number of amides is 1. The third-order valence-corrected chi connectivity index (χ3v) is 5.34. The van der Waals surface area contributed by atoms with Crippen molar-refractivity contribution in [2.45, 2.75) is 47.1 Å². The Morgan fingerprint density at radius 2 is 1.92 bits per heavy atom. The summed E-state index contributed by atoms with van der Waals surface area (Å²) in [5, 5.41) is 3.17. The summed E-state index contributed by atoms with van der Waals surface area (Å²) in [7, 11) is 0. The Morgan fingerprint density at radius 1 is 1.24 bits per heavy atom. The van der Waals surface area contributed by atoms with Gasteiger partial charge in [0.2, 0.25) is 5.91 Å². The van der Waals surface area contributed by atoms with Gasteiger partial charge in [0.15, 0.2) is 11.5 Å². The van der Waals surface area contributed by atoms with Crippen LogP contribution in [0, 0.1) is 17.3 Å². The maximum absolute atomic E-state index is 12.7. The Morgan fingerprint density at radius 3 is 2.60 bits per heavy atom. The third-order valence-electron chi connectivity index (χ3n) is 5.34. The van der Waals surface area contributed by atoms with Crippen molar-refractivity contribution >= 4 is 5.91 Å². The van der Waals surface area contributed by atoms with E-state index in [9.17, 15) is 4.79 Å². The number of carbonyl (C=O) groups is 1. The molecule has 1 saturated carbocycles. The van der Waals surface area contributed by atoms with E-state index in [1.165, 1.54) is 5.57 Å². The van der Waals surface area contributed by atoms with Crippen LogP contribution in [0.5, 0.6) is 11.5 Å². The van der Waals surface area contributed by atoms with Crippen molar-refractivity contribution < 1.29 is 14.3 Å². The lowest BCUT2D eigenvalue weighted by Gasteiger charge is -2.17. The van der Waals surface area contributed by atoms with Gasteiger partial charge in [-0.15, -0.1) is 0 Å². The molecule has 0 spiro atoms. The van der Waals surface area contributed by atoms with Gasteiger partial charge in [0.1, 0.15) is 0 Å². The Bertz CT molecular complexity index is 688. The van der Waals surface area contributed by atoms with Gasteiger partial charge in [-0.25, -0.2) is 0 Å². The molecule has 136 valence electrons. The Hall–Kier alpha value is -1.97. The first-order valence-electron chi connectivity index (χ1n) is 9.15. The van der Waals surface area contributed by atoms with E-state index in [-0.39, 0.29) is 23.3 Å². The first-order valence-corrected chi connectivity index (χ1v) is 9.15. The van der Waals surface area contributed by atoms with Crippen molar-refractivity contribution in [2.24, 2.45) is 17.3 Å². The van der Waals surface area contributed by atoms with Crippen molar-refractivity contribution in [1.82, 2.24) is 5.32 Å². The summed E-state index contributed by atoms with van der Waals surface area (Å²) in [5.41, 5.74) is 2.34. The fourth-order valence-electron chi connectivity index (χ4n) is 3.68. The second-order valence-corrected chi connectivity index (χ2v) is 8.06. The fourth-order valence-corrected chi connectivity index (χ4v) is 3.68. The van der Waals surface area contributed by atoms with Crippen LogP contribution in [0.4, 0.5) is 0 Å². The van der Waals surface area contributed by atoms with Crippen LogP contribution in [0.1, 0.15) is 52.6 Å². The molecule has 1 amide bonds. The van der Waals surface area contributed by atoms with Gasteiger partial charge in [-0.3, -0.25) is 4.79 Å². The zero-order chi connectivity index (χ0) is 18.2. The summed E-state index contributed by atoms with van der Waals surface area (Å²) >= 11 is 0. The number of benzene rings is 1. The van der Waals surface area contributed by atoms with Gasteiger partial charge >= 0.3 is 0 Å². The molecule has 0 saturated heterocycles. The molecule has 4 nitrogen and oxygen atoms in total. The van der Waals surface area contributed by atoms with E-state index in [0.717, 1.165) is 23.5 Å². The molecule has 1 aliphatic heterocycles. The zero-order valence-corrected chi connectivity index (χ0v) is 15.9. The number of nitrogens with one attached hydrogen (secondary N) is 1. The standard InChI is InChI=1S/C21H29NO3/c1-13(2)11-16-19(21(16,4)5)20(23)22-14(3)15-7-8-17-18(12-15)25-10-6-9-24-17/h7-8,11-12,14,16,19H,6,9-10H2,1-5H3,(H,22,23)/t14-,16-,19-/m1/s1. The lowest BCUT2D eigenvalue weighted by Crippen LogP contribution is -2.29. The van der Waals surface area contributed by atoms with Crippen LogP contribution >= 0.6 is 0 Å². The number of fused-ring (bicyclic) bond motifs is 1. The number of carbonyl (C=O) groups excluding carboxylic acids is 1. The van der Waals surface area contributed by atoms with Gasteiger partial charge < -0.3 is 14.8 Å². The van der Waals surface area contributed by atoms with Crippen molar-refractivity contribution in [3.63, 3.8) is 0 Å². The zero-order valence-electron chi connectivity index (χ0n) is 15.9. The van der Waals surface area contributed by atoms with E-state index in [1.807, 2.05) is 25.1 Å². The van der Waals surface area contributed by atoms with Crippen molar-refractivity contribution in [2.75, 3.05) is 13.2 Å². The van der Waals surface area contributed by atoms with Gasteiger partial charge in [0.05, 0.1) is 25.2 Å². The smallest absolute Gasteiger partial charge is 0.224 e. The van der Waals surface area contributed by atoms with E-state index in [0.29, 0.717) is 19.1 Å². The first kappa shape index (κ1) is 17.8. The predicted molar refractivity (Wildman–Crippen MR) is 98.8 cm³/mol. The molecule has 1 N–H and O–H groups in total. The van der Waals surface area contributed by atoms with Crippen LogP contribution in [0.25, 0.3) is 0 Å². The normalized spacial score (nSPS) is 24.7. The minimum Gasteiger partial charge on any atom is -0.490 e. The Kier molecular flexibility index (Phi) is 4.81. The third kappa shape index (κ3) is 3.68. The molecule has 0 unspecified atom stereocenters. The predicted octanol–water partition coefficient (Wildman–Crippen LogP) is 4.26. The van der Waals surface area contributed by atoms with Crippen LogP contribution in [-0.4, -0.2) is 19.1 Å². The summed E-state index contributed by atoms with van der Waals surface area (Å²) in [6.45, 7) is 11.9. The van der Waals surface area contributed by atoms with Gasteiger partial charge in [0, 0.05) is 6.42 Å². The summed E-state index contributed by atoms with van der Waals surface area (Å²) in [5.74, 6) is 2.06. The van der Waals surface area contributed by atoms with Crippen LogP contribution in [-0.2, 0) is 4.79 Å². The maximum atomic E-state index is 12.7. The van der Waals surface area contributed by atoms with Crippen molar-refractivity contribution in [1.29, 1.82) is 0 Å². The summed E-state index contributed by atoms with van der Waals surface area (Å²) in [6.07, 6.45) is 3.11. The molecule has 0 aromatic heterocycles. The average Bonchev–Trinajstić information content (AvgIpc) is 3.16. The largest absolute Gasteiger partial charge is 0.490 e. The molecule has 3 atom stereocenters. The van der Waals surface area contributed by atoms with Gasteiger partial charge in [-0.1, -0.05) is 31.6 Å². The molecule has 3 rings (SSSR count). The maximum Gasteiger partial charge on any atom is 0.224 e. The number of ether oxygens (including phenoxy) is 2. The quantitative estimate of drug-likeness (QED) is 0.831. The fraction of sp³-hybridized carbons (Fsp3) is 0.571. The second-order valence-electron chi connectivity index (χ2n) is 8.06. The molecule has 1 aromatic rings. The molecule has 0 radical (unpaired) electrons. The molecule has 25 heavy (non-hydrogen) atoms. The molecule has 1 aliphatic carbocycles. The number of hydrogen-bond acceptors (Lipinski definition) is 3. The van der Waals surface area contributed by atoms with Crippen LogP contribution < -0.4 is 14.8 Å². The Balaban J connectivity index is 1.68. The molecule has 0 bridgehead atoms. The SMILES string of the molecule is CC(C)=C[C@@H]1[C@H](C(=O)N[C@H](C)c2ccc3c(c2)OCCCO3)C1(C)C. The molecule has 1 aromatic carbocycles. The van der Waals surface area contributed by atoms with E-state index in [2.05, 4.69) is 39.1 Å². The van der Waals surface area contributed by atoms with E-state index in [1.54, 1.807) is 0 Å². The number of rotatable bonds is 4.